The van der Waals surface area contributed by atoms with Gasteiger partial charge >= 0.3 is 0 Å². The molecular weight excluding hydrogens is 248 g/mol. The van der Waals surface area contributed by atoms with Crippen molar-refractivity contribution < 1.29 is 4.74 Å². The van der Waals surface area contributed by atoms with Crippen LogP contribution in [0.25, 0.3) is 0 Å². The molecule has 3 heteroatoms. The lowest BCUT2D eigenvalue weighted by Gasteiger charge is -2.38. The van der Waals surface area contributed by atoms with Gasteiger partial charge in [-0.25, -0.2) is 0 Å². The largest absolute Gasteiger partial charge is 0.495 e. The van der Waals surface area contributed by atoms with Gasteiger partial charge < -0.3 is 14.5 Å². The first-order chi connectivity index (χ1) is 9.78. The molecule has 0 atom stereocenters. The molecule has 110 valence electrons. The molecule has 0 amide bonds. The molecule has 0 radical (unpaired) electrons. The first kappa shape index (κ1) is 13.7. The number of nitrogens with zero attached hydrogens (tertiary/aromatic N) is 2. The Morgan fingerprint density at radius 2 is 1.75 bits per heavy atom. The Morgan fingerprint density at radius 3 is 2.40 bits per heavy atom. The molecule has 0 bridgehead atoms. The smallest absolute Gasteiger partial charge is 0.142 e. The van der Waals surface area contributed by atoms with E-state index in [1.54, 1.807) is 7.11 Å². The normalized spacial score (nSPS) is 21.4. The van der Waals surface area contributed by atoms with Crippen LogP contribution in [0.3, 0.4) is 0 Å². The topological polar surface area (TPSA) is 15.7 Å². The minimum Gasteiger partial charge on any atom is -0.495 e. The molecule has 0 aromatic heterocycles. The standard InChI is InChI=1S/C17H26N2O/c1-14-5-6-16(17(13-14)20-2)19-11-7-15(8-12-19)18-9-3-4-10-18/h5-6,13,15H,3-4,7-12H2,1-2H3. The first-order valence-corrected chi connectivity index (χ1v) is 7.91. The molecule has 1 aromatic carbocycles. The summed E-state index contributed by atoms with van der Waals surface area (Å²) in [7, 11) is 1.77. The predicted octanol–water partition coefficient (Wildman–Crippen LogP) is 3.07. The van der Waals surface area contributed by atoms with Crippen LogP contribution in [0.15, 0.2) is 18.2 Å². The number of benzene rings is 1. The zero-order chi connectivity index (χ0) is 13.9. The highest BCUT2D eigenvalue weighted by molar-refractivity contribution is 5.60. The second kappa shape index (κ2) is 6.04. The summed E-state index contributed by atoms with van der Waals surface area (Å²) in [6, 6.07) is 7.35. The van der Waals surface area contributed by atoms with Crippen LogP contribution in [0.5, 0.6) is 5.75 Å². The maximum Gasteiger partial charge on any atom is 0.142 e. The monoisotopic (exact) mass is 274 g/mol. The van der Waals surface area contributed by atoms with E-state index in [0.717, 1.165) is 24.9 Å². The van der Waals surface area contributed by atoms with Gasteiger partial charge in [0.05, 0.1) is 12.8 Å². The van der Waals surface area contributed by atoms with E-state index in [-0.39, 0.29) is 0 Å². The molecule has 2 aliphatic heterocycles. The van der Waals surface area contributed by atoms with Crippen molar-refractivity contribution in [2.75, 3.05) is 38.2 Å². The highest BCUT2D eigenvalue weighted by Crippen LogP contribution is 2.32. The van der Waals surface area contributed by atoms with E-state index in [9.17, 15) is 0 Å². The number of rotatable bonds is 3. The highest BCUT2D eigenvalue weighted by Gasteiger charge is 2.27. The van der Waals surface area contributed by atoms with Crippen LogP contribution in [0.2, 0.25) is 0 Å². The molecule has 2 aliphatic rings. The molecule has 2 heterocycles. The van der Waals surface area contributed by atoms with E-state index < -0.39 is 0 Å². The molecule has 2 fully saturated rings. The van der Waals surface area contributed by atoms with Crippen molar-refractivity contribution in [3.8, 4) is 5.75 Å². The molecule has 0 N–H and O–H groups in total. The fraction of sp³-hybridized carbons (Fsp3) is 0.647. The summed E-state index contributed by atoms with van der Waals surface area (Å²) in [6.07, 6.45) is 5.37. The van der Waals surface area contributed by atoms with Gasteiger partial charge in [0.15, 0.2) is 0 Å². The number of likely N-dealkylation sites (tertiary alicyclic amines) is 1. The zero-order valence-corrected chi connectivity index (χ0v) is 12.8. The lowest BCUT2D eigenvalue weighted by Crippen LogP contribution is -2.43. The van der Waals surface area contributed by atoms with Gasteiger partial charge in [0, 0.05) is 19.1 Å². The minimum atomic E-state index is 0.810. The maximum atomic E-state index is 5.55. The zero-order valence-electron chi connectivity index (χ0n) is 12.8. The molecule has 1 aromatic rings. The Labute approximate surface area is 122 Å². The molecule has 3 rings (SSSR count). The summed E-state index contributed by atoms with van der Waals surface area (Å²) < 4.78 is 5.55. The van der Waals surface area contributed by atoms with E-state index >= 15 is 0 Å². The van der Waals surface area contributed by atoms with E-state index in [0.29, 0.717) is 0 Å². The van der Waals surface area contributed by atoms with Crippen molar-refractivity contribution in [1.29, 1.82) is 0 Å². The average molecular weight is 274 g/mol. The Kier molecular flexibility index (Phi) is 4.16. The fourth-order valence-electron chi connectivity index (χ4n) is 3.62. The first-order valence-electron chi connectivity index (χ1n) is 7.91. The number of piperidine rings is 1. The van der Waals surface area contributed by atoms with Gasteiger partial charge in [-0.15, -0.1) is 0 Å². The van der Waals surface area contributed by atoms with Gasteiger partial charge in [0.2, 0.25) is 0 Å². The third-order valence-electron chi connectivity index (χ3n) is 4.80. The van der Waals surface area contributed by atoms with Crippen LogP contribution in [-0.2, 0) is 0 Å². The Hall–Kier alpha value is -1.22. The molecule has 0 saturated carbocycles. The van der Waals surface area contributed by atoms with Crippen LogP contribution in [0.4, 0.5) is 5.69 Å². The summed E-state index contributed by atoms with van der Waals surface area (Å²) in [6.45, 7) is 7.06. The lowest BCUT2D eigenvalue weighted by atomic mass is 10.0. The van der Waals surface area contributed by atoms with Crippen LogP contribution in [0.1, 0.15) is 31.2 Å². The second-order valence-corrected chi connectivity index (χ2v) is 6.14. The average Bonchev–Trinajstić information content (AvgIpc) is 3.01. The van der Waals surface area contributed by atoms with Crippen molar-refractivity contribution in [2.24, 2.45) is 0 Å². The van der Waals surface area contributed by atoms with E-state index in [1.165, 1.54) is 50.0 Å². The highest BCUT2D eigenvalue weighted by atomic mass is 16.5. The quantitative estimate of drug-likeness (QED) is 0.842. The number of hydrogen-bond acceptors (Lipinski definition) is 3. The van der Waals surface area contributed by atoms with Gasteiger partial charge in [-0.05, 0) is 63.4 Å². The summed E-state index contributed by atoms with van der Waals surface area (Å²) in [5.41, 5.74) is 2.52. The van der Waals surface area contributed by atoms with Crippen LogP contribution in [-0.4, -0.2) is 44.2 Å². The summed E-state index contributed by atoms with van der Waals surface area (Å²) >= 11 is 0. The number of methoxy groups -OCH3 is 1. The number of anilines is 1. The summed E-state index contributed by atoms with van der Waals surface area (Å²) in [5, 5.41) is 0. The lowest BCUT2D eigenvalue weighted by molar-refractivity contribution is 0.207. The van der Waals surface area contributed by atoms with Gasteiger partial charge in [0.25, 0.3) is 0 Å². The van der Waals surface area contributed by atoms with Crippen LogP contribution < -0.4 is 9.64 Å². The van der Waals surface area contributed by atoms with Crippen molar-refractivity contribution in [3.63, 3.8) is 0 Å². The third-order valence-corrected chi connectivity index (χ3v) is 4.80. The number of ether oxygens (including phenoxy) is 1. The molecule has 0 unspecified atom stereocenters. The molecule has 20 heavy (non-hydrogen) atoms. The molecule has 0 spiro atoms. The van der Waals surface area contributed by atoms with Crippen LogP contribution in [0, 0.1) is 6.92 Å². The summed E-state index contributed by atoms with van der Waals surface area (Å²) in [4.78, 5) is 5.19. The fourth-order valence-corrected chi connectivity index (χ4v) is 3.62. The maximum absolute atomic E-state index is 5.55. The van der Waals surface area contributed by atoms with Crippen molar-refractivity contribution in [3.05, 3.63) is 23.8 Å². The Bertz CT molecular complexity index is 446. The molecule has 3 nitrogen and oxygen atoms in total. The minimum absolute atomic E-state index is 0.810. The predicted molar refractivity (Wildman–Crippen MR) is 83.8 cm³/mol. The molecule has 2 saturated heterocycles. The number of aryl methyl sites for hydroxylation is 1. The summed E-state index contributed by atoms with van der Waals surface area (Å²) in [5.74, 6) is 1.02. The van der Waals surface area contributed by atoms with Crippen molar-refractivity contribution >= 4 is 5.69 Å². The van der Waals surface area contributed by atoms with Gasteiger partial charge in [0.1, 0.15) is 5.75 Å². The molecular formula is C17H26N2O. The van der Waals surface area contributed by atoms with Gasteiger partial charge in [-0.2, -0.15) is 0 Å². The van der Waals surface area contributed by atoms with Crippen LogP contribution >= 0.6 is 0 Å². The Morgan fingerprint density at radius 1 is 1.05 bits per heavy atom. The van der Waals surface area contributed by atoms with Crippen molar-refractivity contribution in [2.45, 2.75) is 38.6 Å². The SMILES string of the molecule is COc1cc(C)ccc1N1CCC(N2CCCC2)CC1. The van der Waals surface area contributed by atoms with Gasteiger partial charge in [-0.1, -0.05) is 6.07 Å². The third kappa shape index (κ3) is 2.78. The van der Waals surface area contributed by atoms with E-state index in [1.807, 2.05) is 0 Å². The Balaban J connectivity index is 1.65. The van der Waals surface area contributed by atoms with Crippen molar-refractivity contribution in [1.82, 2.24) is 4.90 Å². The number of hydrogen-bond donors (Lipinski definition) is 0. The second-order valence-electron chi connectivity index (χ2n) is 6.14. The van der Waals surface area contributed by atoms with E-state index in [2.05, 4.69) is 34.9 Å². The molecule has 0 aliphatic carbocycles. The van der Waals surface area contributed by atoms with E-state index in [4.69, 9.17) is 4.74 Å². The van der Waals surface area contributed by atoms with Gasteiger partial charge in [-0.3, -0.25) is 0 Å².